The first kappa shape index (κ1) is 25.3. The number of para-hydroxylation sites is 2. The maximum Gasteiger partial charge on any atom is 0.309 e. The van der Waals surface area contributed by atoms with Gasteiger partial charge in [0, 0.05) is 11.5 Å². The smallest absolute Gasteiger partial charge is 0.309 e. The number of imide groups is 1. The zero-order chi connectivity index (χ0) is 27.4. The van der Waals surface area contributed by atoms with Crippen LogP contribution in [0.25, 0.3) is 0 Å². The summed E-state index contributed by atoms with van der Waals surface area (Å²) in [4.78, 5) is 53.3. The normalized spacial score (nSPS) is 41.4. The predicted molar refractivity (Wildman–Crippen MR) is 140 cm³/mol. The average Bonchev–Trinajstić information content (AvgIpc) is 3.15. The van der Waals surface area contributed by atoms with Crippen molar-refractivity contribution in [2.45, 2.75) is 66.2 Å². The Balaban J connectivity index is 1.50. The third-order valence-corrected chi connectivity index (χ3v) is 11.5. The number of nitro benzene ring substituents is 1. The summed E-state index contributed by atoms with van der Waals surface area (Å²) in [7, 11) is 0. The van der Waals surface area contributed by atoms with Crippen LogP contribution in [0.5, 0.6) is 0 Å². The first-order valence-corrected chi connectivity index (χ1v) is 14.0. The van der Waals surface area contributed by atoms with Crippen LogP contribution >= 0.6 is 0 Å². The van der Waals surface area contributed by atoms with E-state index in [0.29, 0.717) is 19.3 Å². The van der Waals surface area contributed by atoms with Gasteiger partial charge in [-0.25, -0.2) is 4.90 Å². The summed E-state index contributed by atoms with van der Waals surface area (Å²) in [5, 5.41) is 22.1. The number of benzene rings is 1. The summed E-state index contributed by atoms with van der Waals surface area (Å²) < 4.78 is 0. The van der Waals surface area contributed by atoms with Crippen LogP contribution in [0.15, 0.2) is 35.9 Å². The van der Waals surface area contributed by atoms with Crippen molar-refractivity contribution in [2.75, 3.05) is 4.90 Å². The van der Waals surface area contributed by atoms with Gasteiger partial charge in [0.1, 0.15) is 5.69 Å². The predicted octanol–water partition coefficient (Wildman–Crippen LogP) is 5.61. The molecule has 1 spiro atoms. The molecule has 2 bridgehead atoms. The number of carboxylic acids is 1. The molecule has 2 amide bonds. The lowest BCUT2D eigenvalue weighted by molar-refractivity contribution is -0.384. The Kier molecular flexibility index (Phi) is 5.31. The third kappa shape index (κ3) is 2.94. The van der Waals surface area contributed by atoms with Crippen molar-refractivity contribution < 1.29 is 24.4 Å². The Bertz CT molecular complexity index is 1300. The van der Waals surface area contributed by atoms with Gasteiger partial charge in [-0.1, -0.05) is 51.0 Å². The summed E-state index contributed by atoms with van der Waals surface area (Å²) in [6.07, 6.45) is 6.84. The molecule has 0 unspecified atom stereocenters. The summed E-state index contributed by atoms with van der Waals surface area (Å²) in [6, 6.07) is 6.00. The van der Waals surface area contributed by atoms with E-state index in [4.69, 9.17) is 0 Å². The van der Waals surface area contributed by atoms with Crippen molar-refractivity contribution in [3.63, 3.8) is 0 Å². The molecule has 1 aromatic carbocycles. The fourth-order valence-corrected chi connectivity index (χ4v) is 10.0. The van der Waals surface area contributed by atoms with E-state index in [9.17, 15) is 29.6 Å². The van der Waals surface area contributed by atoms with Crippen LogP contribution in [-0.2, 0) is 14.4 Å². The molecule has 1 N–H and O–H groups in total. The molecule has 1 aromatic rings. The first-order valence-electron chi connectivity index (χ1n) is 14.0. The number of hydrogen-bond acceptors (Lipinski definition) is 5. The fourth-order valence-electron chi connectivity index (χ4n) is 10.0. The number of amides is 2. The largest absolute Gasteiger partial charge is 0.481 e. The van der Waals surface area contributed by atoms with E-state index in [2.05, 4.69) is 26.8 Å². The van der Waals surface area contributed by atoms with E-state index < -0.39 is 33.6 Å². The second-order valence-corrected chi connectivity index (χ2v) is 13.2. The number of carbonyl (C=O) groups is 3. The maximum absolute atomic E-state index is 14.3. The second kappa shape index (κ2) is 7.99. The van der Waals surface area contributed by atoms with E-state index in [0.717, 1.165) is 24.2 Å². The van der Waals surface area contributed by atoms with Gasteiger partial charge in [0.25, 0.3) is 5.69 Å². The average molecular weight is 521 g/mol. The highest BCUT2D eigenvalue weighted by molar-refractivity contribution is 6.23. The van der Waals surface area contributed by atoms with Crippen LogP contribution in [0.3, 0.4) is 0 Å². The number of nitro groups is 1. The molecule has 0 aromatic heterocycles. The molecule has 38 heavy (non-hydrogen) atoms. The van der Waals surface area contributed by atoms with Crippen LogP contribution < -0.4 is 4.90 Å². The highest BCUT2D eigenvalue weighted by atomic mass is 16.6. The number of carbonyl (C=O) groups excluding carboxylic acids is 2. The minimum absolute atomic E-state index is 0.00379. The number of carboxylic acid groups (broad SMARTS) is 1. The molecule has 8 nitrogen and oxygen atoms in total. The van der Waals surface area contributed by atoms with Crippen LogP contribution in [0, 0.1) is 61.9 Å². The van der Waals surface area contributed by atoms with Gasteiger partial charge >= 0.3 is 5.97 Å². The minimum atomic E-state index is -0.804. The van der Waals surface area contributed by atoms with Crippen molar-refractivity contribution >= 4 is 29.2 Å². The Morgan fingerprint density at radius 3 is 2.47 bits per heavy atom. The fraction of sp³-hybridized carbons (Fsp3) is 0.633. The Morgan fingerprint density at radius 1 is 1.11 bits per heavy atom. The lowest BCUT2D eigenvalue weighted by Crippen LogP contribution is -2.65. The van der Waals surface area contributed by atoms with Gasteiger partial charge in [0.2, 0.25) is 11.8 Å². The van der Waals surface area contributed by atoms with E-state index >= 15 is 0 Å². The molecule has 8 heteroatoms. The molecular formula is C30H36N2O6. The van der Waals surface area contributed by atoms with Crippen molar-refractivity contribution in [2.24, 2.45) is 51.8 Å². The SMILES string of the molecule is CC(C)C1=C[C@]23CC[C@@H]4[C@](C)(CCC[C@@]4(C)C(=O)O)[C@@H]2C[C@H]1[C@H]1C(=O)N(c2ccccc2[N+](=O)[O-])C(=O)[C@H]13. The molecule has 6 aliphatic rings. The molecule has 4 fully saturated rings. The van der Waals surface area contributed by atoms with Gasteiger partial charge in [0.15, 0.2) is 0 Å². The molecule has 202 valence electrons. The Hall–Kier alpha value is -3.03. The maximum atomic E-state index is 14.3. The van der Waals surface area contributed by atoms with Crippen molar-refractivity contribution in [3.05, 3.63) is 46.0 Å². The number of nitrogens with zero attached hydrogens (tertiary/aromatic N) is 2. The monoisotopic (exact) mass is 520 g/mol. The van der Waals surface area contributed by atoms with Crippen LogP contribution in [0.4, 0.5) is 11.4 Å². The molecule has 8 atom stereocenters. The number of rotatable bonds is 4. The summed E-state index contributed by atoms with van der Waals surface area (Å²) in [5.74, 6) is -2.32. The first-order chi connectivity index (χ1) is 17.9. The highest BCUT2D eigenvalue weighted by Gasteiger charge is 2.73. The van der Waals surface area contributed by atoms with Crippen LogP contribution in [-0.4, -0.2) is 27.8 Å². The number of aliphatic carboxylic acids is 1. The number of anilines is 1. The molecule has 5 aliphatic carbocycles. The Labute approximate surface area is 222 Å². The molecule has 1 aliphatic heterocycles. The van der Waals surface area contributed by atoms with E-state index in [1.165, 1.54) is 17.7 Å². The molecule has 7 rings (SSSR count). The van der Waals surface area contributed by atoms with Crippen LogP contribution in [0.1, 0.15) is 66.2 Å². The summed E-state index contributed by atoms with van der Waals surface area (Å²) >= 11 is 0. The van der Waals surface area contributed by atoms with Gasteiger partial charge < -0.3 is 5.11 Å². The van der Waals surface area contributed by atoms with Crippen molar-refractivity contribution in [3.8, 4) is 0 Å². The quantitative estimate of drug-likeness (QED) is 0.239. The lowest BCUT2D eigenvalue weighted by Gasteiger charge is -2.68. The van der Waals surface area contributed by atoms with Gasteiger partial charge in [-0.3, -0.25) is 24.5 Å². The number of fused-ring (bicyclic) bond motifs is 1. The van der Waals surface area contributed by atoms with E-state index in [-0.39, 0.29) is 52.3 Å². The zero-order valence-corrected chi connectivity index (χ0v) is 22.5. The standard InChI is InChI=1S/C30H36N2O6/c1-16(2)18-15-30-13-10-21-28(3,11-7-12-29(21,4)27(35)36)22(30)14-17(18)23-24(30)26(34)31(25(23)33)19-8-5-6-9-20(19)32(37)38/h5-6,8-9,15-17,21-24H,7,10-14H2,1-4H3,(H,35,36)/t17-,21-,22+,23-,24+,28+,29-,30-/m1/s1. The minimum Gasteiger partial charge on any atom is -0.481 e. The lowest BCUT2D eigenvalue weighted by atomic mass is 9.34. The number of allylic oxidation sites excluding steroid dienone is 2. The molecule has 1 saturated heterocycles. The van der Waals surface area contributed by atoms with Crippen LogP contribution in [0.2, 0.25) is 0 Å². The molecule has 0 radical (unpaired) electrons. The number of hydrogen-bond donors (Lipinski definition) is 1. The van der Waals surface area contributed by atoms with E-state index in [1.54, 1.807) is 12.1 Å². The molecule has 1 heterocycles. The molecule has 3 saturated carbocycles. The zero-order valence-electron chi connectivity index (χ0n) is 22.5. The van der Waals surface area contributed by atoms with Gasteiger partial charge in [-0.05, 0) is 74.2 Å². The van der Waals surface area contributed by atoms with Gasteiger partial charge in [-0.2, -0.15) is 0 Å². The van der Waals surface area contributed by atoms with Gasteiger partial charge in [-0.15, -0.1) is 0 Å². The highest BCUT2D eigenvalue weighted by Crippen LogP contribution is 2.74. The second-order valence-electron chi connectivity index (χ2n) is 13.2. The van der Waals surface area contributed by atoms with Gasteiger partial charge in [0.05, 0.1) is 22.2 Å². The summed E-state index contributed by atoms with van der Waals surface area (Å²) in [5.41, 5.74) is -0.593. The van der Waals surface area contributed by atoms with Crippen molar-refractivity contribution in [1.29, 1.82) is 0 Å². The Morgan fingerprint density at radius 2 is 1.82 bits per heavy atom. The summed E-state index contributed by atoms with van der Waals surface area (Å²) in [6.45, 7) is 8.39. The third-order valence-electron chi connectivity index (χ3n) is 11.5. The van der Waals surface area contributed by atoms with Crippen molar-refractivity contribution in [1.82, 2.24) is 0 Å². The molecular weight excluding hydrogens is 484 g/mol. The van der Waals surface area contributed by atoms with E-state index in [1.807, 2.05) is 6.92 Å². The topological polar surface area (TPSA) is 118 Å².